The third-order valence-electron chi connectivity index (χ3n) is 11.5. The number of anilines is 8. The highest BCUT2D eigenvalue weighted by molar-refractivity contribution is 6.10. The van der Waals surface area contributed by atoms with Gasteiger partial charge in [0.2, 0.25) is 0 Å². The van der Waals surface area contributed by atoms with Crippen LogP contribution in [0.1, 0.15) is 25.7 Å². The molecule has 5 aromatic carbocycles. The second kappa shape index (κ2) is 22.2. The monoisotopic (exact) mass is 895 g/mol. The van der Waals surface area contributed by atoms with Crippen molar-refractivity contribution < 1.29 is 10.2 Å². The zero-order chi connectivity index (χ0) is 46.7. The Morgan fingerprint density at radius 3 is 0.939 bits per heavy atom. The van der Waals surface area contributed by atoms with Gasteiger partial charge in [-0.05, 0) is 193 Å². The second-order valence-corrected chi connectivity index (χ2v) is 18.5. The van der Waals surface area contributed by atoms with E-state index >= 15 is 0 Å². The van der Waals surface area contributed by atoms with Crippen molar-refractivity contribution in [3.05, 3.63) is 84.9 Å². The molecule has 0 aliphatic carbocycles. The number of hydrogen-bond acceptors (Lipinski definition) is 14. The lowest BCUT2D eigenvalue weighted by Gasteiger charge is -2.17. The van der Waals surface area contributed by atoms with E-state index in [-0.39, 0.29) is 11.5 Å². The van der Waals surface area contributed by atoms with Crippen LogP contribution in [0.25, 0.3) is 43.6 Å². The highest BCUT2D eigenvalue weighted by Gasteiger charge is 2.16. The largest absolute Gasteiger partial charge is 0.507 e. The first kappa shape index (κ1) is 47.6. The van der Waals surface area contributed by atoms with Crippen LogP contribution in [-0.4, -0.2) is 149 Å². The molecule has 0 saturated heterocycles. The summed E-state index contributed by atoms with van der Waals surface area (Å²) in [5, 5.41) is 47.6. The van der Waals surface area contributed by atoms with Crippen LogP contribution < -0.4 is 31.9 Å². The Morgan fingerprint density at radius 2 is 0.636 bits per heavy atom. The fourth-order valence-corrected chi connectivity index (χ4v) is 8.15. The van der Waals surface area contributed by atoms with E-state index in [0.29, 0.717) is 43.6 Å². The van der Waals surface area contributed by atoms with Crippen LogP contribution in [0.3, 0.4) is 0 Å². The van der Waals surface area contributed by atoms with Crippen LogP contribution >= 0.6 is 0 Å². The molecule has 8 N–H and O–H groups in total. The van der Waals surface area contributed by atoms with E-state index in [1.54, 1.807) is 0 Å². The van der Waals surface area contributed by atoms with Crippen LogP contribution in [0.2, 0.25) is 0 Å². The smallest absolute Gasteiger partial charge is 0.134 e. The quantitative estimate of drug-likeness (QED) is 0.0215. The molecule has 7 rings (SSSR count). The zero-order valence-corrected chi connectivity index (χ0v) is 40.1. The molecule has 0 fully saturated rings. The Hall–Kier alpha value is -6.32. The minimum atomic E-state index is 0.113. The lowest BCUT2D eigenvalue weighted by atomic mass is 10.0. The van der Waals surface area contributed by atoms with Crippen LogP contribution in [-0.2, 0) is 0 Å². The van der Waals surface area contributed by atoms with E-state index in [1.807, 2.05) is 48.5 Å². The standard InChI is InChI=1S/C52H70N12O2/c1-61(2)21-9-17-53-37-25-38(54-18-10-22-62(3)4)28-41(27-37)57-35-13-15-47-43(31-35)51(65)45-33-50-46(34-49(45)59-47)52(66)44-32-36(14-16-48(44)60-50)58-42-29-39(55-19-11-23-63(5)6)26-40(30-42)56-20-12-24-64(7)8/h13-16,25-34,53-58H,9-12,17-24H2,1-8H3,(H,59,65)(H,60,66). The molecule has 0 bridgehead atoms. The molecule has 0 saturated carbocycles. The van der Waals surface area contributed by atoms with E-state index in [9.17, 15) is 10.2 Å². The van der Waals surface area contributed by atoms with Gasteiger partial charge in [0, 0.05) is 93.2 Å². The average molecular weight is 895 g/mol. The molecule has 0 unspecified atom stereocenters. The summed E-state index contributed by atoms with van der Waals surface area (Å²) in [6, 6.07) is 28.1. The minimum absolute atomic E-state index is 0.113. The molecular weight excluding hydrogens is 825 g/mol. The normalized spacial score (nSPS) is 11.8. The molecule has 350 valence electrons. The lowest BCUT2D eigenvalue weighted by Crippen LogP contribution is -2.17. The molecule has 14 heteroatoms. The summed E-state index contributed by atoms with van der Waals surface area (Å²) in [7, 11) is 16.7. The van der Waals surface area contributed by atoms with Crippen molar-refractivity contribution in [2.75, 3.05) is 141 Å². The first-order chi connectivity index (χ1) is 31.8. The number of benzene rings is 5. The zero-order valence-electron chi connectivity index (χ0n) is 40.1. The van der Waals surface area contributed by atoms with Crippen LogP contribution in [0.5, 0.6) is 11.5 Å². The maximum absolute atomic E-state index is 11.8. The molecular formula is C52H70N12O2. The number of nitrogens with zero attached hydrogens (tertiary/aromatic N) is 6. The average Bonchev–Trinajstić information content (AvgIpc) is 3.27. The SMILES string of the molecule is CN(C)CCCNc1cc(NCCCN(C)C)cc(Nc2ccc3nc4cc5c(O)c6cc(Nc7cc(NCCCN(C)C)cc(NCCCN(C)C)c7)ccc6nc5cc4c(O)c3c2)c1. The van der Waals surface area contributed by atoms with Crippen LogP contribution in [0.4, 0.5) is 45.5 Å². The van der Waals surface area contributed by atoms with Gasteiger partial charge in [-0.3, -0.25) is 0 Å². The van der Waals surface area contributed by atoms with E-state index in [4.69, 9.17) is 9.97 Å². The Bertz CT molecular complexity index is 2480. The molecule has 0 spiro atoms. The van der Waals surface area contributed by atoms with E-state index in [0.717, 1.165) is 124 Å². The van der Waals surface area contributed by atoms with Gasteiger partial charge in [0.25, 0.3) is 0 Å². The number of pyridine rings is 2. The maximum Gasteiger partial charge on any atom is 0.134 e. The predicted molar refractivity (Wildman–Crippen MR) is 281 cm³/mol. The highest BCUT2D eigenvalue weighted by Crippen LogP contribution is 2.40. The number of fused-ring (bicyclic) bond motifs is 4. The van der Waals surface area contributed by atoms with Crippen molar-refractivity contribution in [1.29, 1.82) is 0 Å². The minimum Gasteiger partial charge on any atom is -0.507 e. The second-order valence-electron chi connectivity index (χ2n) is 18.5. The molecule has 0 amide bonds. The summed E-state index contributed by atoms with van der Waals surface area (Å²) >= 11 is 0. The van der Waals surface area contributed by atoms with Crippen molar-refractivity contribution in [3.8, 4) is 11.5 Å². The third kappa shape index (κ3) is 12.9. The summed E-state index contributed by atoms with van der Waals surface area (Å²) in [4.78, 5) is 18.7. The van der Waals surface area contributed by atoms with Gasteiger partial charge in [-0.2, -0.15) is 0 Å². The van der Waals surface area contributed by atoms with E-state index in [1.165, 1.54) is 0 Å². The number of aromatic hydroxyl groups is 2. The number of hydrogen-bond donors (Lipinski definition) is 8. The van der Waals surface area contributed by atoms with Gasteiger partial charge in [0.1, 0.15) is 11.5 Å². The summed E-state index contributed by atoms with van der Waals surface area (Å²) in [5.41, 5.74) is 10.1. The summed E-state index contributed by atoms with van der Waals surface area (Å²) in [6.07, 6.45) is 4.12. The summed E-state index contributed by atoms with van der Waals surface area (Å²) in [5.74, 6) is 0.226. The first-order valence-electron chi connectivity index (χ1n) is 23.2. The van der Waals surface area contributed by atoms with Crippen molar-refractivity contribution >= 4 is 89.1 Å². The van der Waals surface area contributed by atoms with E-state index < -0.39 is 0 Å². The van der Waals surface area contributed by atoms with E-state index in [2.05, 4.69) is 144 Å². The Labute approximate surface area is 390 Å². The van der Waals surface area contributed by atoms with Gasteiger partial charge >= 0.3 is 0 Å². The van der Waals surface area contributed by atoms with Gasteiger partial charge < -0.3 is 61.7 Å². The van der Waals surface area contributed by atoms with Crippen molar-refractivity contribution in [2.45, 2.75) is 25.7 Å². The molecule has 0 aliphatic heterocycles. The molecule has 0 aliphatic rings. The van der Waals surface area contributed by atoms with Gasteiger partial charge in [-0.15, -0.1) is 0 Å². The first-order valence-corrected chi connectivity index (χ1v) is 23.2. The molecule has 2 aromatic heterocycles. The predicted octanol–water partition coefficient (Wildman–Crippen LogP) is 9.44. The summed E-state index contributed by atoms with van der Waals surface area (Å²) < 4.78 is 0. The maximum atomic E-state index is 11.8. The molecule has 14 nitrogen and oxygen atoms in total. The lowest BCUT2D eigenvalue weighted by molar-refractivity contribution is 0.405. The van der Waals surface area contributed by atoms with Gasteiger partial charge in [0.15, 0.2) is 0 Å². The third-order valence-corrected chi connectivity index (χ3v) is 11.5. The molecule has 7 aromatic rings. The van der Waals surface area contributed by atoms with Gasteiger partial charge in [-0.25, -0.2) is 9.97 Å². The number of nitrogens with one attached hydrogen (secondary N) is 6. The molecule has 2 heterocycles. The Balaban J connectivity index is 1.14. The van der Waals surface area contributed by atoms with Crippen molar-refractivity contribution in [2.24, 2.45) is 0 Å². The van der Waals surface area contributed by atoms with Crippen LogP contribution in [0, 0.1) is 0 Å². The Morgan fingerprint density at radius 1 is 0.348 bits per heavy atom. The fraction of sp³-hybridized carbons (Fsp3) is 0.385. The molecule has 0 radical (unpaired) electrons. The Kier molecular flexibility index (Phi) is 16.1. The van der Waals surface area contributed by atoms with Crippen molar-refractivity contribution in [1.82, 2.24) is 29.6 Å². The fourth-order valence-electron chi connectivity index (χ4n) is 8.15. The van der Waals surface area contributed by atoms with Gasteiger partial charge in [0.05, 0.1) is 22.1 Å². The number of rotatable bonds is 24. The van der Waals surface area contributed by atoms with Crippen LogP contribution in [0.15, 0.2) is 84.9 Å². The molecule has 66 heavy (non-hydrogen) atoms. The van der Waals surface area contributed by atoms with Gasteiger partial charge in [-0.1, -0.05) is 0 Å². The topological polar surface area (TPSA) is 151 Å². The highest BCUT2D eigenvalue weighted by atomic mass is 16.3. The summed E-state index contributed by atoms with van der Waals surface area (Å²) in [6.45, 7) is 7.49. The number of aromatic nitrogens is 2. The van der Waals surface area contributed by atoms with Crippen molar-refractivity contribution in [3.63, 3.8) is 0 Å². The molecule has 0 atom stereocenters.